The number of aliphatic hydroxyl groups is 2. The fraction of sp³-hybridized carbons (Fsp3) is 0.500. The molecule has 0 spiro atoms. The lowest BCUT2D eigenvalue weighted by Crippen LogP contribution is -2.67. The van der Waals surface area contributed by atoms with Crippen LogP contribution in [-0.2, 0) is 36.9 Å². The van der Waals surface area contributed by atoms with Gasteiger partial charge in [-0.1, -0.05) is 139 Å². The number of allylic oxidation sites excluding steroid dienone is 3. The van der Waals surface area contributed by atoms with Crippen molar-refractivity contribution in [1.82, 2.24) is 0 Å². The summed E-state index contributed by atoms with van der Waals surface area (Å²) < 4.78 is 7.88. The maximum atomic E-state index is 11.0. The Bertz CT molecular complexity index is 1610. The van der Waals surface area contributed by atoms with Gasteiger partial charge in [0.2, 0.25) is 0 Å². The fourth-order valence-corrected chi connectivity index (χ4v) is 14.4. The molecule has 0 saturated heterocycles. The van der Waals surface area contributed by atoms with Crippen molar-refractivity contribution in [2.24, 2.45) is 0 Å². The summed E-state index contributed by atoms with van der Waals surface area (Å²) in [6, 6.07) is 21.8. The normalized spacial score (nSPS) is 14.7. The van der Waals surface area contributed by atoms with Crippen LogP contribution in [0.1, 0.15) is 122 Å². The minimum atomic E-state index is -2.86. The first-order chi connectivity index (χ1) is 22.9. The summed E-state index contributed by atoms with van der Waals surface area (Å²) in [5.74, 6) is 0. The van der Waals surface area contributed by atoms with Crippen molar-refractivity contribution in [3.05, 3.63) is 116 Å². The van der Waals surface area contributed by atoms with Gasteiger partial charge in [0.15, 0.2) is 0 Å². The molecule has 3 aromatic rings. The van der Waals surface area contributed by atoms with Crippen molar-refractivity contribution in [2.45, 2.75) is 144 Å². The van der Waals surface area contributed by atoms with Crippen LogP contribution in [0, 0.1) is 0 Å². The molecule has 0 amide bonds. The van der Waals surface area contributed by atoms with E-state index >= 15 is 0 Å². The van der Waals surface area contributed by atoms with Gasteiger partial charge in [0, 0.05) is 0 Å². The fourth-order valence-electron chi connectivity index (χ4n) is 7.96. The molecule has 5 heteroatoms. The molecule has 49 heavy (non-hydrogen) atoms. The van der Waals surface area contributed by atoms with Crippen LogP contribution in [0.3, 0.4) is 0 Å². The van der Waals surface area contributed by atoms with Crippen LogP contribution in [0.15, 0.2) is 83.1 Å². The molecule has 4 rings (SSSR count). The Morgan fingerprint density at radius 1 is 0.755 bits per heavy atom. The topological polar surface area (TPSA) is 49.7 Å². The molecule has 3 nitrogen and oxygen atoms in total. The van der Waals surface area contributed by atoms with E-state index < -0.39 is 16.4 Å². The lowest BCUT2D eigenvalue weighted by molar-refractivity contribution is 0.182. The number of hydrogen-bond acceptors (Lipinski definition) is 3. The summed E-state index contributed by atoms with van der Waals surface area (Å²) in [5.41, 5.74) is 13.6. The van der Waals surface area contributed by atoms with Gasteiger partial charge in [0.1, 0.15) is 0 Å². The smallest absolute Gasteiger partial charge is 0.261 e. The van der Waals surface area contributed by atoms with E-state index in [4.69, 9.17) is 4.43 Å². The van der Waals surface area contributed by atoms with Crippen LogP contribution in [0.4, 0.5) is 0 Å². The van der Waals surface area contributed by atoms with Crippen molar-refractivity contribution in [2.75, 3.05) is 0 Å². The van der Waals surface area contributed by atoms with E-state index in [1.54, 1.807) is 0 Å². The Morgan fingerprint density at radius 3 is 1.65 bits per heavy atom. The summed E-state index contributed by atoms with van der Waals surface area (Å²) in [4.78, 5) is 0. The zero-order chi connectivity index (χ0) is 36.4. The van der Waals surface area contributed by atoms with Gasteiger partial charge < -0.3 is 14.6 Å². The molecule has 1 aliphatic carbocycles. The van der Waals surface area contributed by atoms with Gasteiger partial charge in [-0.05, 0) is 112 Å². The van der Waals surface area contributed by atoms with Crippen molar-refractivity contribution < 1.29 is 14.6 Å². The number of benzene rings is 3. The standard InChI is InChI=1S/C44H64O3Si2/c1-13-41(47-49(44(8,9)10,33-20-16-14-17-21-33)34-22-18-15-19-23-34)42-37-27-25-36(37)39(28-45)40(29-46)38(42)26-24-35(31(2)3)32(4)30-48(11,12)43(5,6)7/h14-23,30,41,45-46H,13,24-29H2,1-12H3/b32-30+. The van der Waals surface area contributed by atoms with Crippen molar-refractivity contribution in [3.63, 3.8) is 0 Å². The van der Waals surface area contributed by atoms with E-state index in [1.165, 1.54) is 49.3 Å². The molecule has 0 aliphatic heterocycles. The van der Waals surface area contributed by atoms with E-state index in [-0.39, 0.29) is 29.4 Å². The van der Waals surface area contributed by atoms with Crippen LogP contribution >= 0.6 is 0 Å². The Labute approximate surface area is 300 Å². The third-order valence-corrected chi connectivity index (χ3v) is 21.8. The SMILES string of the molecule is CCC(O[Si](c1ccccc1)(c1ccccc1)C(C)(C)C)c1c(CCC(=C(C)C)/C(C)=C/[Si](C)(C)C(C)(C)C)c(CO)c(CO)c2c1CC2. The predicted molar refractivity (Wildman–Crippen MR) is 215 cm³/mol. The second kappa shape index (κ2) is 15.4. The van der Waals surface area contributed by atoms with Gasteiger partial charge in [0.05, 0.1) is 27.4 Å². The van der Waals surface area contributed by atoms with E-state index in [9.17, 15) is 10.2 Å². The molecule has 3 aromatic carbocycles. The predicted octanol–water partition coefficient (Wildman–Crippen LogP) is 10.1. The second-order valence-electron chi connectivity index (χ2n) is 17.1. The Hall–Kier alpha value is -2.55. The molecule has 0 aromatic heterocycles. The van der Waals surface area contributed by atoms with Gasteiger partial charge in [-0.15, -0.1) is 0 Å². The maximum Gasteiger partial charge on any atom is 0.261 e. The monoisotopic (exact) mass is 696 g/mol. The molecule has 1 atom stereocenters. The summed E-state index contributed by atoms with van der Waals surface area (Å²) in [6.07, 6.45) is 4.29. The third-order valence-electron chi connectivity index (χ3n) is 11.7. The molecule has 2 N–H and O–H groups in total. The average molecular weight is 697 g/mol. The summed E-state index contributed by atoms with van der Waals surface area (Å²) in [6.45, 7) is 28.0. The zero-order valence-corrected chi connectivity index (χ0v) is 34.7. The first-order valence-electron chi connectivity index (χ1n) is 18.5. The minimum absolute atomic E-state index is 0.0440. The molecule has 266 valence electrons. The molecule has 0 fully saturated rings. The van der Waals surface area contributed by atoms with Crippen molar-refractivity contribution in [3.8, 4) is 0 Å². The van der Waals surface area contributed by atoms with E-state index in [0.29, 0.717) is 0 Å². The van der Waals surface area contributed by atoms with Gasteiger partial charge in [-0.25, -0.2) is 0 Å². The number of hydrogen-bond donors (Lipinski definition) is 2. The molecule has 1 aliphatic rings. The molecular formula is C44H64O3Si2. The van der Waals surface area contributed by atoms with Crippen molar-refractivity contribution in [1.29, 1.82) is 0 Å². The van der Waals surface area contributed by atoms with Gasteiger partial charge in [0.25, 0.3) is 8.32 Å². The first kappa shape index (κ1) is 39.2. The Balaban J connectivity index is 1.93. The summed E-state index contributed by atoms with van der Waals surface area (Å²) in [5, 5.41) is 24.4. The second-order valence-corrected chi connectivity index (χ2v) is 26.6. The number of rotatable bonds is 13. The van der Waals surface area contributed by atoms with Crippen LogP contribution in [0.25, 0.3) is 0 Å². The largest absolute Gasteiger partial charge is 0.400 e. The van der Waals surface area contributed by atoms with E-state index in [2.05, 4.69) is 149 Å². The highest BCUT2D eigenvalue weighted by Crippen LogP contribution is 2.46. The molecule has 0 radical (unpaired) electrons. The first-order valence-corrected chi connectivity index (χ1v) is 23.5. The van der Waals surface area contributed by atoms with E-state index in [1.807, 2.05) is 0 Å². The highest BCUT2D eigenvalue weighted by atomic mass is 28.4. The van der Waals surface area contributed by atoms with Crippen LogP contribution in [0.2, 0.25) is 23.2 Å². The Kier molecular flexibility index (Phi) is 12.3. The van der Waals surface area contributed by atoms with Gasteiger partial charge in [-0.3, -0.25) is 0 Å². The maximum absolute atomic E-state index is 11.0. The van der Waals surface area contributed by atoms with Crippen LogP contribution in [-0.4, -0.2) is 26.6 Å². The highest BCUT2D eigenvalue weighted by Gasteiger charge is 2.52. The average Bonchev–Trinajstić information content (AvgIpc) is 3.01. The molecule has 1 unspecified atom stereocenters. The lowest BCUT2D eigenvalue weighted by atomic mass is 9.74. The van der Waals surface area contributed by atoms with Gasteiger partial charge >= 0.3 is 0 Å². The zero-order valence-electron chi connectivity index (χ0n) is 32.7. The molecule has 0 saturated carbocycles. The van der Waals surface area contributed by atoms with Crippen molar-refractivity contribution >= 4 is 26.8 Å². The van der Waals surface area contributed by atoms with E-state index in [0.717, 1.165) is 43.2 Å². The molecule has 0 bridgehead atoms. The minimum Gasteiger partial charge on any atom is -0.400 e. The van der Waals surface area contributed by atoms with Crippen LogP contribution in [0.5, 0.6) is 0 Å². The Morgan fingerprint density at radius 2 is 1.27 bits per heavy atom. The highest BCUT2D eigenvalue weighted by molar-refractivity contribution is 6.99. The lowest BCUT2D eigenvalue weighted by Gasteiger charge is -2.46. The summed E-state index contributed by atoms with van der Waals surface area (Å²) in [7, 11) is -4.51. The third kappa shape index (κ3) is 7.72. The summed E-state index contributed by atoms with van der Waals surface area (Å²) >= 11 is 0. The molecule has 0 heterocycles. The van der Waals surface area contributed by atoms with Gasteiger partial charge in [-0.2, -0.15) is 0 Å². The molecular weight excluding hydrogens is 633 g/mol. The number of fused-ring (bicyclic) bond motifs is 1. The van der Waals surface area contributed by atoms with Crippen LogP contribution < -0.4 is 10.4 Å². The quantitative estimate of drug-likeness (QED) is 0.138. The number of aliphatic hydroxyl groups excluding tert-OH is 2.